The molecule has 0 aliphatic carbocycles. The standard InChI is InChI=1S/C27H21N3O3/c31-17-18-14-19(16-20(15-18)29-27(32)33-21-8-2-1-3-9-21)28-26-22-10-4-6-12-24(22)30-25-13-7-5-11-23(25)26/h1-16,31H,17H2,(H,28,30)(H,29,32). The Kier molecular flexibility index (Phi) is 5.57. The van der Waals surface area contributed by atoms with Crippen LogP contribution in [0.25, 0.3) is 21.8 Å². The molecule has 0 unspecified atom stereocenters. The quantitative estimate of drug-likeness (QED) is 0.285. The molecule has 162 valence electrons. The number of aromatic nitrogens is 1. The fourth-order valence-electron chi connectivity index (χ4n) is 3.79. The van der Waals surface area contributed by atoms with E-state index >= 15 is 0 Å². The molecule has 3 N–H and O–H groups in total. The van der Waals surface area contributed by atoms with Crippen molar-refractivity contribution in [3.63, 3.8) is 0 Å². The number of aliphatic hydroxyl groups excluding tert-OH is 1. The number of rotatable bonds is 5. The topological polar surface area (TPSA) is 83.5 Å². The first-order valence-electron chi connectivity index (χ1n) is 10.5. The molecule has 1 heterocycles. The van der Waals surface area contributed by atoms with E-state index in [1.165, 1.54) is 0 Å². The third kappa shape index (κ3) is 4.46. The molecule has 33 heavy (non-hydrogen) atoms. The Labute approximate surface area is 190 Å². The van der Waals surface area contributed by atoms with Crippen LogP contribution < -0.4 is 15.4 Å². The number of benzene rings is 4. The van der Waals surface area contributed by atoms with Crippen LogP contribution in [-0.4, -0.2) is 16.2 Å². The average molecular weight is 435 g/mol. The van der Waals surface area contributed by atoms with E-state index in [2.05, 4.69) is 10.6 Å². The average Bonchev–Trinajstić information content (AvgIpc) is 2.84. The van der Waals surface area contributed by atoms with Crippen molar-refractivity contribution < 1.29 is 14.6 Å². The number of carbonyl (C=O) groups is 1. The molecule has 4 aromatic carbocycles. The summed E-state index contributed by atoms with van der Waals surface area (Å²) in [4.78, 5) is 17.1. The Morgan fingerprint density at radius 3 is 2.06 bits per heavy atom. The summed E-state index contributed by atoms with van der Waals surface area (Å²) in [5.41, 5.74) is 4.54. The first-order valence-corrected chi connectivity index (χ1v) is 10.5. The van der Waals surface area contributed by atoms with Gasteiger partial charge in [-0.25, -0.2) is 9.78 Å². The fraction of sp³-hybridized carbons (Fsp3) is 0.0370. The Morgan fingerprint density at radius 2 is 1.39 bits per heavy atom. The third-order valence-corrected chi connectivity index (χ3v) is 5.23. The molecule has 0 aliphatic rings. The van der Waals surface area contributed by atoms with Gasteiger partial charge in [0.05, 0.1) is 23.3 Å². The highest BCUT2D eigenvalue weighted by Crippen LogP contribution is 2.34. The Hall–Kier alpha value is -4.42. The number of hydrogen-bond acceptors (Lipinski definition) is 5. The van der Waals surface area contributed by atoms with Crippen LogP contribution in [0.1, 0.15) is 5.56 Å². The lowest BCUT2D eigenvalue weighted by atomic mass is 10.1. The second-order valence-corrected chi connectivity index (χ2v) is 7.55. The molecule has 1 aromatic heterocycles. The van der Waals surface area contributed by atoms with Gasteiger partial charge in [-0.2, -0.15) is 0 Å². The number of pyridine rings is 1. The predicted octanol–water partition coefficient (Wildman–Crippen LogP) is 6.23. The van der Waals surface area contributed by atoms with E-state index in [0.717, 1.165) is 33.2 Å². The zero-order chi connectivity index (χ0) is 22.6. The minimum Gasteiger partial charge on any atom is -0.410 e. The second-order valence-electron chi connectivity index (χ2n) is 7.55. The number of nitrogens with zero attached hydrogens (tertiary/aromatic N) is 1. The van der Waals surface area contributed by atoms with E-state index in [4.69, 9.17) is 9.72 Å². The Balaban J connectivity index is 1.50. The van der Waals surface area contributed by atoms with Crippen LogP contribution in [0.15, 0.2) is 97.1 Å². The summed E-state index contributed by atoms with van der Waals surface area (Å²) in [6.45, 7) is -0.171. The van der Waals surface area contributed by atoms with Crippen molar-refractivity contribution in [2.24, 2.45) is 0 Å². The monoisotopic (exact) mass is 435 g/mol. The lowest BCUT2D eigenvalue weighted by Crippen LogP contribution is -2.17. The van der Waals surface area contributed by atoms with Crippen molar-refractivity contribution >= 4 is 45.0 Å². The minimum absolute atomic E-state index is 0.171. The number of para-hydroxylation sites is 3. The highest BCUT2D eigenvalue weighted by molar-refractivity contribution is 6.08. The number of anilines is 3. The van der Waals surface area contributed by atoms with Gasteiger partial charge in [0.25, 0.3) is 0 Å². The molecule has 1 amide bonds. The van der Waals surface area contributed by atoms with Gasteiger partial charge < -0.3 is 15.2 Å². The molecule has 0 spiro atoms. The normalized spacial score (nSPS) is 10.8. The van der Waals surface area contributed by atoms with Crippen LogP contribution in [0.2, 0.25) is 0 Å². The lowest BCUT2D eigenvalue weighted by molar-refractivity contribution is 0.215. The smallest absolute Gasteiger partial charge is 0.410 e. The molecule has 5 aromatic rings. The van der Waals surface area contributed by atoms with E-state index in [1.807, 2.05) is 60.7 Å². The fourth-order valence-corrected chi connectivity index (χ4v) is 3.79. The molecule has 5 rings (SSSR count). The van der Waals surface area contributed by atoms with Gasteiger partial charge in [-0.15, -0.1) is 0 Å². The zero-order valence-electron chi connectivity index (χ0n) is 17.7. The molecule has 0 aliphatic heterocycles. The maximum absolute atomic E-state index is 12.4. The van der Waals surface area contributed by atoms with Crippen LogP contribution in [0.4, 0.5) is 21.9 Å². The summed E-state index contributed by atoms with van der Waals surface area (Å²) in [6.07, 6.45) is -0.609. The molecule has 0 bridgehead atoms. The van der Waals surface area contributed by atoms with Crippen LogP contribution >= 0.6 is 0 Å². The third-order valence-electron chi connectivity index (χ3n) is 5.23. The molecular weight excluding hydrogens is 414 g/mol. The van der Waals surface area contributed by atoms with Crippen molar-refractivity contribution in [2.45, 2.75) is 6.61 Å². The highest BCUT2D eigenvalue weighted by atomic mass is 16.6. The number of amides is 1. The number of aliphatic hydroxyl groups is 1. The van der Waals surface area contributed by atoms with Crippen molar-refractivity contribution in [1.29, 1.82) is 0 Å². The van der Waals surface area contributed by atoms with E-state index in [9.17, 15) is 9.90 Å². The number of hydrogen-bond donors (Lipinski definition) is 3. The molecule has 0 saturated heterocycles. The number of fused-ring (bicyclic) bond motifs is 2. The van der Waals surface area contributed by atoms with Gasteiger partial charge in [-0.05, 0) is 48.0 Å². The SMILES string of the molecule is O=C(Nc1cc(CO)cc(Nc2c3ccccc3nc3ccccc23)c1)Oc1ccccc1. The van der Waals surface area contributed by atoms with Crippen LogP contribution in [0.3, 0.4) is 0 Å². The molecule has 0 atom stereocenters. The van der Waals surface area contributed by atoms with Gasteiger partial charge in [0.15, 0.2) is 0 Å². The molecule has 0 saturated carbocycles. The molecular formula is C27H21N3O3. The van der Waals surface area contributed by atoms with Crippen molar-refractivity contribution in [2.75, 3.05) is 10.6 Å². The minimum atomic E-state index is -0.609. The van der Waals surface area contributed by atoms with Crippen molar-refractivity contribution in [1.82, 2.24) is 4.98 Å². The maximum atomic E-state index is 12.4. The van der Waals surface area contributed by atoms with Gasteiger partial charge in [0.2, 0.25) is 0 Å². The highest BCUT2D eigenvalue weighted by Gasteiger charge is 2.11. The summed E-state index contributed by atoms with van der Waals surface area (Å²) in [5.74, 6) is 0.446. The summed E-state index contributed by atoms with van der Waals surface area (Å²) in [6, 6.07) is 30.0. The molecule has 0 radical (unpaired) electrons. The van der Waals surface area contributed by atoms with Gasteiger partial charge in [-0.3, -0.25) is 5.32 Å². The largest absolute Gasteiger partial charge is 0.417 e. The lowest BCUT2D eigenvalue weighted by Gasteiger charge is -2.15. The van der Waals surface area contributed by atoms with Crippen molar-refractivity contribution in [3.05, 3.63) is 103 Å². The molecule has 6 heteroatoms. The van der Waals surface area contributed by atoms with Crippen LogP contribution in [0, 0.1) is 0 Å². The van der Waals surface area contributed by atoms with Crippen molar-refractivity contribution in [3.8, 4) is 5.75 Å². The molecule has 6 nitrogen and oxygen atoms in total. The first kappa shape index (κ1) is 20.5. The molecule has 0 fully saturated rings. The summed E-state index contributed by atoms with van der Waals surface area (Å²) >= 11 is 0. The van der Waals surface area contributed by atoms with E-state index in [0.29, 0.717) is 17.0 Å². The van der Waals surface area contributed by atoms with Crippen LogP contribution in [-0.2, 0) is 6.61 Å². The summed E-state index contributed by atoms with van der Waals surface area (Å²) in [7, 11) is 0. The van der Waals surface area contributed by atoms with E-state index < -0.39 is 6.09 Å². The Bertz CT molecular complexity index is 1400. The van der Waals surface area contributed by atoms with Crippen LogP contribution in [0.5, 0.6) is 5.75 Å². The van der Waals surface area contributed by atoms with Gasteiger partial charge >= 0.3 is 6.09 Å². The van der Waals surface area contributed by atoms with Gasteiger partial charge in [0, 0.05) is 22.1 Å². The number of nitrogens with one attached hydrogen (secondary N) is 2. The summed E-state index contributed by atoms with van der Waals surface area (Å²) in [5, 5.41) is 18.0. The van der Waals surface area contributed by atoms with E-state index in [1.54, 1.807) is 36.4 Å². The zero-order valence-corrected chi connectivity index (χ0v) is 17.7. The summed E-state index contributed by atoms with van der Waals surface area (Å²) < 4.78 is 5.32. The number of carbonyl (C=O) groups excluding carboxylic acids is 1. The number of ether oxygens (including phenoxy) is 1. The van der Waals surface area contributed by atoms with E-state index in [-0.39, 0.29) is 6.61 Å². The first-order chi connectivity index (χ1) is 16.2. The second kappa shape index (κ2) is 8.98. The predicted molar refractivity (Wildman–Crippen MR) is 131 cm³/mol. The Morgan fingerprint density at radius 1 is 0.788 bits per heavy atom. The van der Waals surface area contributed by atoms with Gasteiger partial charge in [-0.1, -0.05) is 54.6 Å². The maximum Gasteiger partial charge on any atom is 0.417 e. The van der Waals surface area contributed by atoms with Gasteiger partial charge in [0.1, 0.15) is 5.75 Å².